The lowest BCUT2D eigenvalue weighted by Gasteiger charge is -2.34. The van der Waals surface area contributed by atoms with Crippen LogP contribution in [0.1, 0.15) is 82.5 Å². The number of allylic oxidation sites excluding steroid dienone is 1. The van der Waals surface area contributed by atoms with Gasteiger partial charge in [0.15, 0.2) is 5.76 Å². The molecule has 6 heteroatoms. The Morgan fingerprint density at radius 3 is 2.06 bits per heavy atom. The molecule has 0 spiro atoms. The zero-order chi connectivity index (χ0) is 25.6. The molecule has 2 aromatic carbocycles. The maximum atomic E-state index is 13.8. The Bertz CT molecular complexity index is 1200. The highest BCUT2D eigenvalue weighted by atomic mass is 19.4. The van der Waals surface area contributed by atoms with Crippen LogP contribution in [0.4, 0.5) is 24.9 Å². The van der Waals surface area contributed by atoms with Crippen LogP contribution in [0.25, 0.3) is 6.08 Å². The number of aromatic nitrogens is 1. The van der Waals surface area contributed by atoms with Crippen LogP contribution >= 0.6 is 0 Å². The number of hydrogen-bond acceptors (Lipinski definition) is 3. The minimum atomic E-state index is -4.37. The number of rotatable bonds is 4. The average molecular weight is 483 g/mol. The van der Waals surface area contributed by atoms with Crippen LogP contribution in [0.15, 0.2) is 59.0 Å². The zero-order valence-corrected chi connectivity index (χ0v) is 21.2. The van der Waals surface area contributed by atoms with E-state index in [0.717, 1.165) is 16.8 Å². The summed E-state index contributed by atoms with van der Waals surface area (Å²) in [4.78, 5) is 4.61. The van der Waals surface area contributed by atoms with Crippen LogP contribution in [0.2, 0.25) is 0 Å². The van der Waals surface area contributed by atoms with Crippen molar-refractivity contribution in [3.8, 4) is 0 Å². The normalized spacial score (nSPS) is 18.4. The number of anilines is 2. The summed E-state index contributed by atoms with van der Waals surface area (Å²) in [6.45, 7) is 12.9. The van der Waals surface area contributed by atoms with Crippen LogP contribution in [-0.4, -0.2) is 11.2 Å². The summed E-state index contributed by atoms with van der Waals surface area (Å²) in [6, 6.07) is 15.3. The highest BCUT2D eigenvalue weighted by Gasteiger charge is 2.48. The minimum Gasteiger partial charge on any atom is -0.424 e. The monoisotopic (exact) mass is 482 g/mol. The summed E-state index contributed by atoms with van der Waals surface area (Å²) in [6.07, 6.45) is -1.72. The van der Waals surface area contributed by atoms with Crippen molar-refractivity contribution in [1.29, 1.82) is 0 Å². The van der Waals surface area contributed by atoms with Crippen molar-refractivity contribution in [3.63, 3.8) is 0 Å². The summed E-state index contributed by atoms with van der Waals surface area (Å²) >= 11 is 0. The molecular formula is C29H33F3N2O. The molecule has 1 aliphatic carbocycles. The van der Waals surface area contributed by atoms with Gasteiger partial charge in [0.1, 0.15) is 0 Å². The molecule has 1 aromatic heterocycles. The lowest BCUT2D eigenvalue weighted by molar-refractivity contribution is -0.145. The third kappa shape index (κ3) is 5.31. The molecule has 0 aliphatic heterocycles. The first-order valence-corrected chi connectivity index (χ1v) is 11.9. The SMILES string of the molecule is CC(C)(C)c1cc(Nc2nc3c(o2)C=CCC3(CC(F)(F)F)c2ccccc2)cc(C(C)(C)C)c1. The van der Waals surface area contributed by atoms with Crippen LogP contribution < -0.4 is 5.32 Å². The van der Waals surface area contributed by atoms with Crippen LogP contribution in [-0.2, 0) is 16.2 Å². The van der Waals surface area contributed by atoms with Gasteiger partial charge >= 0.3 is 6.18 Å². The first-order chi connectivity index (χ1) is 16.2. The van der Waals surface area contributed by atoms with Crippen molar-refractivity contribution in [2.75, 3.05) is 5.32 Å². The van der Waals surface area contributed by atoms with Gasteiger partial charge < -0.3 is 9.73 Å². The van der Waals surface area contributed by atoms with Crippen LogP contribution in [0, 0.1) is 0 Å². The topological polar surface area (TPSA) is 38.1 Å². The van der Waals surface area contributed by atoms with Gasteiger partial charge in [-0.25, -0.2) is 0 Å². The number of nitrogens with zero attached hydrogens (tertiary/aromatic N) is 1. The van der Waals surface area contributed by atoms with Crippen molar-refractivity contribution in [2.45, 2.75) is 76.8 Å². The van der Waals surface area contributed by atoms with Gasteiger partial charge in [-0.15, -0.1) is 0 Å². The predicted octanol–water partition coefficient (Wildman–Crippen LogP) is 8.67. The Kier molecular flexibility index (Phi) is 6.15. The van der Waals surface area contributed by atoms with Gasteiger partial charge in [0.25, 0.3) is 6.01 Å². The first kappa shape index (κ1) is 25.1. The van der Waals surface area contributed by atoms with Crippen molar-refractivity contribution in [3.05, 3.63) is 82.8 Å². The van der Waals surface area contributed by atoms with Gasteiger partial charge in [0.05, 0.1) is 17.5 Å². The molecule has 3 aromatic rings. The smallest absolute Gasteiger partial charge is 0.390 e. The summed E-state index contributed by atoms with van der Waals surface area (Å²) in [5.41, 5.74) is 2.50. The second-order valence-electron chi connectivity index (χ2n) is 11.5. The van der Waals surface area contributed by atoms with E-state index >= 15 is 0 Å². The van der Waals surface area contributed by atoms with E-state index in [4.69, 9.17) is 4.42 Å². The molecule has 1 unspecified atom stereocenters. The molecule has 35 heavy (non-hydrogen) atoms. The fourth-order valence-corrected chi connectivity index (χ4v) is 4.61. The van der Waals surface area contributed by atoms with Gasteiger partial charge in [-0.1, -0.05) is 84.0 Å². The highest BCUT2D eigenvalue weighted by Crippen LogP contribution is 2.48. The maximum Gasteiger partial charge on any atom is 0.390 e. The van der Waals surface area contributed by atoms with Crippen molar-refractivity contribution in [1.82, 2.24) is 4.98 Å². The molecule has 0 saturated heterocycles. The molecular weight excluding hydrogens is 449 g/mol. The first-order valence-electron chi connectivity index (χ1n) is 11.9. The number of nitrogens with one attached hydrogen (secondary N) is 1. The Morgan fingerprint density at radius 2 is 1.51 bits per heavy atom. The lowest BCUT2D eigenvalue weighted by atomic mass is 9.69. The number of hydrogen-bond donors (Lipinski definition) is 1. The Morgan fingerprint density at radius 1 is 0.914 bits per heavy atom. The van der Waals surface area contributed by atoms with Crippen LogP contribution in [0.3, 0.4) is 0 Å². The van der Waals surface area contributed by atoms with E-state index in [9.17, 15) is 13.2 Å². The maximum absolute atomic E-state index is 13.8. The fraction of sp³-hybridized carbons (Fsp3) is 0.414. The standard InChI is InChI=1S/C29H33F3N2O/c1-26(2,3)20-15-21(27(4,5)6)17-22(16-20)33-25-34-24-23(35-25)13-10-14-28(24,18-29(30,31)32)19-11-8-7-9-12-19/h7-13,15-17H,14,18H2,1-6H3,(H,33,34). The average Bonchev–Trinajstić information content (AvgIpc) is 3.15. The summed E-state index contributed by atoms with van der Waals surface area (Å²) in [7, 11) is 0. The molecule has 0 fully saturated rings. The summed E-state index contributed by atoms with van der Waals surface area (Å²) in [5, 5.41) is 3.25. The number of alkyl halides is 3. The molecule has 0 saturated carbocycles. The lowest BCUT2D eigenvalue weighted by Crippen LogP contribution is -2.35. The Hall–Kier alpha value is -3.02. The van der Waals surface area contributed by atoms with Gasteiger partial charge in [-0.05, 0) is 52.1 Å². The van der Waals surface area contributed by atoms with Gasteiger partial charge in [0.2, 0.25) is 0 Å². The predicted molar refractivity (Wildman–Crippen MR) is 135 cm³/mol. The third-order valence-electron chi connectivity index (χ3n) is 6.59. The van der Waals surface area contributed by atoms with Gasteiger partial charge in [0, 0.05) is 5.69 Å². The van der Waals surface area contributed by atoms with Gasteiger partial charge in [-0.3, -0.25) is 0 Å². The van der Waals surface area contributed by atoms with E-state index in [1.165, 1.54) is 0 Å². The second kappa shape index (κ2) is 8.58. The molecule has 186 valence electrons. The molecule has 1 atom stereocenters. The largest absolute Gasteiger partial charge is 0.424 e. The number of fused-ring (bicyclic) bond motifs is 1. The number of halogens is 3. The minimum absolute atomic E-state index is 0.0779. The Labute approximate surface area is 205 Å². The molecule has 1 N–H and O–H groups in total. The van der Waals surface area contributed by atoms with E-state index in [1.54, 1.807) is 42.5 Å². The molecule has 0 amide bonds. The Balaban J connectivity index is 1.79. The van der Waals surface area contributed by atoms with E-state index in [2.05, 4.69) is 70.0 Å². The van der Waals surface area contributed by atoms with E-state index in [1.807, 2.05) is 0 Å². The molecule has 1 heterocycles. The molecule has 4 rings (SSSR count). The molecule has 3 nitrogen and oxygen atoms in total. The number of benzene rings is 2. The van der Waals surface area contributed by atoms with Gasteiger partial charge in [-0.2, -0.15) is 18.2 Å². The van der Waals surface area contributed by atoms with E-state index < -0.39 is 18.0 Å². The fourth-order valence-electron chi connectivity index (χ4n) is 4.61. The molecule has 0 radical (unpaired) electrons. The van der Waals surface area contributed by atoms with Crippen molar-refractivity contribution >= 4 is 17.8 Å². The summed E-state index contributed by atoms with van der Waals surface area (Å²) in [5.74, 6) is 0.356. The third-order valence-corrected chi connectivity index (χ3v) is 6.59. The highest BCUT2D eigenvalue weighted by molar-refractivity contribution is 5.62. The quantitative estimate of drug-likeness (QED) is 0.404. The van der Waals surface area contributed by atoms with Crippen molar-refractivity contribution < 1.29 is 17.6 Å². The molecule has 0 bridgehead atoms. The van der Waals surface area contributed by atoms with Crippen molar-refractivity contribution in [2.24, 2.45) is 0 Å². The summed E-state index contributed by atoms with van der Waals surface area (Å²) < 4.78 is 47.5. The second-order valence-corrected chi connectivity index (χ2v) is 11.5. The van der Waals surface area contributed by atoms with Crippen LogP contribution in [0.5, 0.6) is 0 Å². The van der Waals surface area contributed by atoms with E-state index in [-0.39, 0.29) is 23.3 Å². The molecule has 1 aliphatic rings. The zero-order valence-electron chi connectivity index (χ0n) is 21.2. The van der Waals surface area contributed by atoms with E-state index in [0.29, 0.717) is 17.0 Å². The number of oxazole rings is 1.